The highest BCUT2D eigenvalue weighted by molar-refractivity contribution is 6.15. The third kappa shape index (κ3) is 4.06. The van der Waals surface area contributed by atoms with Gasteiger partial charge in [0.25, 0.3) is 0 Å². The minimum atomic E-state index is 0.802. The zero-order valence-electron chi connectivity index (χ0n) is 14.8. The van der Waals surface area contributed by atoms with Crippen LogP contribution in [0.1, 0.15) is 56.2 Å². The molecule has 0 N–H and O–H groups in total. The van der Waals surface area contributed by atoms with Gasteiger partial charge in [-0.3, -0.25) is 14.7 Å². The van der Waals surface area contributed by atoms with Gasteiger partial charge in [-0.05, 0) is 61.4 Å². The summed E-state index contributed by atoms with van der Waals surface area (Å²) in [6.07, 6.45) is 17.1. The summed E-state index contributed by atoms with van der Waals surface area (Å²) in [4.78, 5) is 8.99. The van der Waals surface area contributed by atoms with Crippen molar-refractivity contribution in [3.8, 4) is 0 Å². The fourth-order valence-electron chi connectivity index (χ4n) is 3.97. The van der Waals surface area contributed by atoms with Crippen molar-refractivity contribution >= 4 is 11.8 Å². The maximum Gasteiger partial charge on any atom is 0.0854 e. The van der Waals surface area contributed by atoms with E-state index in [9.17, 15) is 0 Å². The van der Waals surface area contributed by atoms with Gasteiger partial charge < -0.3 is 0 Å². The van der Waals surface area contributed by atoms with Crippen LogP contribution >= 0.6 is 0 Å². The fraction of sp³-hybridized carbons (Fsp3) is 0.476. The Balaban J connectivity index is 1.51. The van der Waals surface area contributed by atoms with Crippen molar-refractivity contribution in [3.63, 3.8) is 0 Å². The van der Waals surface area contributed by atoms with Crippen LogP contribution in [0.2, 0.25) is 0 Å². The van der Waals surface area contributed by atoms with Gasteiger partial charge in [-0.25, -0.2) is 0 Å². The highest BCUT2D eigenvalue weighted by Gasteiger charge is 2.16. The van der Waals surface area contributed by atoms with E-state index in [1.54, 1.807) is 0 Å². The van der Waals surface area contributed by atoms with Crippen molar-refractivity contribution in [2.45, 2.75) is 51.5 Å². The van der Waals surface area contributed by atoms with E-state index in [0.717, 1.165) is 48.8 Å². The molecule has 1 aliphatic carbocycles. The Kier molecular flexibility index (Phi) is 5.05. The third-order valence-electron chi connectivity index (χ3n) is 5.27. The van der Waals surface area contributed by atoms with E-state index < -0.39 is 0 Å². The predicted octanol–water partition coefficient (Wildman–Crippen LogP) is 4.52. The van der Waals surface area contributed by atoms with Gasteiger partial charge in [-0.15, -0.1) is 0 Å². The molecule has 0 amide bonds. The van der Waals surface area contributed by atoms with Crippen LogP contribution in [0.3, 0.4) is 0 Å². The standard InChI is InChI=1S/C21H26N4/c1-2-6-17(7-3-1)16-25-13-10-20(24-25)14-18-8-5-12-23-21(18)19-9-4-11-22-15-19/h4,9-11,13-15,17H,1-3,5-8,12,16H2. The maximum absolute atomic E-state index is 4.80. The molecule has 4 nitrogen and oxygen atoms in total. The minimum absolute atomic E-state index is 0.802. The zero-order chi connectivity index (χ0) is 16.9. The van der Waals surface area contributed by atoms with E-state index in [4.69, 9.17) is 10.1 Å². The topological polar surface area (TPSA) is 43.1 Å². The molecule has 130 valence electrons. The van der Waals surface area contributed by atoms with Gasteiger partial charge in [0.2, 0.25) is 0 Å². The highest BCUT2D eigenvalue weighted by atomic mass is 15.3. The molecular weight excluding hydrogens is 308 g/mol. The number of pyridine rings is 1. The van der Waals surface area contributed by atoms with E-state index >= 15 is 0 Å². The monoisotopic (exact) mass is 334 g/mol. The summed E-state index contributed by atoms with van der Waals surface area (Å²) in [5.41, 5.74) is 4.52. The summed E-state index contributed by atoms with van der Waals surface area (Å²) in [6, 6.07) is 6.20. The lowest BCUT2D eigenvalue weighted by molar-refractivity contribution is 0.308. The molecule has 2 aliphatic rings. The normalized spacial score (nSPS) is 20.6. The SMILES string of the molecule is C(=C1CCCN=C1c1cccnc1)c1ccn(CC2CCCCC2)n1. The molecule has 0 atom stereocenters. The molecule has 2 aromatic rings. The highest BCUT2D eigenvalue weighted by Crippen LogP contribution is 2.25. The van der Waals surface area contributed by atoms with Crippen molar-refractivity contribution < 1.29 is 0 Å². The third-order valence-corrected chi connectivity index (χ3v) is 5.27. The van der Waals surface area contributed by atoms with Gasteiger partial charge in [-0.1, -0.05) is 19.3 Å². The molecule has 3 heterocycles. The molecule has 0 unspecified atom stereocenters. The van der Waals surface area contributed by atoms with Crippen LogP contribution in [0.5, 0.6) is 0 Å². The zero-order valence-corrected chi connectivity index (χ0v) is 14.8. The number of aromatic nitrogens is 3. The number of rotatable bonds is 4. The van der Waals surface area contributed by atoms with Crippen LogP contribution in [0, 0.1) is 5.92 Å². The average molecular weight is 334 g/mol. The van der Waals surface area contributed by atoms with Crippen molar-refractivity contribution in [2.24, 2.45) is 10.9 Å². The molecular formula is C21H26N4. The Labute approximate surface area is 149 Å². The first-order valence-electron chi connectivity index (χ1n) is 9.58. The summed E-state index contributed by atoms with van der Waals surface area (Å²) in [6.45, 7) is 1.96. The van der Waals surface area contributed by atoms with Crippen LogP contribution in [-0.4, -0.2) is 27.0 Å². The average Bonchev–Trinajstić information content (AvgIpc) is 3.10. The Morgan fingerprint density at radius 2 is 2.04 bits per heavy atom. The van der Waals surface area contributed by atoms with Gasteiger partial charge in [0.05, 0.1) is 11.4 Å². The molecule has 0 aromatic carbocycles. The van der Waals surface area contributed by atoms with Crippen molar-refractivity contribution in [3.05, 3.63) is 53.6 Å². The van der Waals surface area contributed by atoms with E-state index in [1.165, 1.54) is 37.7 Å². The van der Waals surface area contributed by atoms with Crippen molar-refractivity contribution in [1.82, 2.24) is 14.8 Å². The molecule has 0 saturated heterocycles. The Bertz CT molecular complexity index is 751. The molecule has 0 spiro atoms. The number of nitrogens with zero attached hydrogens (tertiary/aromatic N) is 4. The first-order chi connectivity index (χ1) is 12.4. The van der Waals surface area contributed by atoms with Gasteiger partial charge in [0.15, 0.2) is 0 Å². The summed E-state index contributed by atoms with van der Waals surface area (Å²) in [5.74, 6) is 0.802. The number of aliphatic imine (C=N–C) groups is 1. The first-order valence-corrected chi connectivity index (χ1v) is 9.58. The van der Waals surface area contributed by atoms with E-state index in [0.29, 0.717) is 0 Å². The minimum Gasteiger partial charge on any atom is -0.284 e. The summed E-state index contributed by atoms with van der Waals surface area (Å²) in [7, 11) is 0. The Hall–Kier alpha value is -2.23. The molecule has 1 fully saturated rings. The number of hydrogen-bond acceptors (Lipinski definition) is 3. The Morgan fingerprint density at radius 1 is 1.12 bits per heavy atom. The van der Waals surface area contributed by atoms with Gasteiger partial charge in [0, 0.05) is 37.2 Å². The largest absolute Gasteiger partial charge is 0.284 e. The molecule has 4 heteroatoms. The van der Waals surface area contributed by atoms with Gasteiger partial charge in [-0.2, -0.15) is 5.10 Å². The van der Waals surface area contributed by atoms with Crippen LogP contribution < -0.4 is 0 Å². The summed E-state index contributed by atoms with van der Waals surface area (Å²) < 4.78 is 2.13. The van der Waals surface area contributed by atoms with Crippen LogP contribution in [0.25, 0.3) is 6.08 Å². The summed E-state index contributed by atoms with van der Waals surface area (Å²) >= 11 is 0. The van der Waals surface area contributed by atoms with E-state index in [-0.39, 0.29) is 0 Å². The number of allylic oxidation sites excluding steroid dienone is 1. The lowest BCUT2D eigenvalue weighted by atomic mass is 9.89. The van der Waals surface area contributed by atoms with Crippen molar-refractivity contribution in [1.29, 1.82) is 0 Å². The second-order valence-corrected chi connectivity index (χ2v) is 7.21. The van der Waals surface area contributed by atoms with Crippen LogP contribution in [0.15, 0.2) is 47.4 Å². The predicted molar refractivity (Wildman–Crippen MR) is 102 cm³/mol. The maximum atomic E-state index is 4.80. The molecule has 4 rings (SSSR count). The van der Waals surface area contributed by atoms with Gasteiger partial charge >= 0.3 is 0 Å². The summed E-state index contributed by atoms with van der Waals surface area (Å²) in [5, 5.41) is 4.80. The second-order valence-electron chi connectivity index (χ2n) is 7.21. The molecule has 25 heavy (non-hydrogen) atoms. The molecule has 1 saturated carbocycles. The Morgan fingerprint density at radius 3 is 2.88 bits per heavy atom. The lowest BCUT2D eigenvalue weighted by Crippen LogP contribution is -2.14. The number of hydrogen-bond donors (Lipinski definition) is 0. The smallest absolute Gasteiger partial charge is 0.0854 e. The second kappa shape index (κ2) is 7.77. The molecule has 0 radical (unpaired) electrons. The van der Waals surface area contributed by atoms with Crippen molar-refractivity contribution in [2.75, 3.05) is 6.54 Å². The fourth-order valence-corrected chi connectivity index (χ4v) is 3.97. The van der Waals surface area contributed by atoms with E-state index in [1.807, 2.05) is 18.5 Å². The lowest BCUT2D eigenvalue weighted by Gasteiger charge is -2.21. The van der Waals surface area contributed by atoms with Gasteiger partial charge in [0.1, 0.15) is 0 Å². The van der Waals surface area contributed by atoms with Crippen LogP contribution in [0.4, 0.5) is 0 Å². The first kappa shape index (κ1) is 16.2. The quantitative estimate of drug-likeness (QED) is 0.825. The molecule has 1 aliphatic heterocycles. The molecule has 2 aromatic heterocycles. The van der Waals surface area contributed by atoms with E-state index in [2.05, 4.69) is 34.1 Å². The molecule has 0 bridgehead atoms. The van der Waals surface area contributed by atoms with Crippen LogP contribution in [-0.2, 0) is 6.54 Å².